The Bertz CT molecular complexity index is 259. The van der Waals surface area contributed by atoms with Crippen molar-refractivity contribution in [1.29, 1.82) is 0 Å². The van der Waals surface area contributed by atoms with Crippen molar-refractivity contribution in [3.05, 3.63) is 12.2 Å². The molecule has 1 rings (SSSR count). The third-order valence-corrected chi connectivity index (χ3v) is 5.46. The Morgan fingerprint density at radius 2 is 1.36 bits per heavy atom. The second-order valence-electron chi connectivity index (χ2n) is 7.30. The van der Waals surface area contributed by atoms with Crippen LogP contribution in [0.1, 0.15) is 103 Å². The van der Waals surface area contributed by atoms with Gasteiger partial charge in [0.2, 0.25) is 0 Å². The van der Waals surface area contributed by atoms with E-state index < -0.39 is 0 Å². The zero-order chi connectivity index (χ0) is 15.9. The number of hydrogen-bond acceptors (Lipinski definition) is 1. The fourth-order valence-electron chi connectivity index (χ4n) is 4.10. The first kappa shape index (κ1) is 19.7. The molecule has 0 aromatic heterocycles. The molecule has 0 spiro atoms. The van der Waals surface area contributed by atoms with Gasteiger partial charge in [-0.05, 0) is 24.7 Å². The number of unbranched alkanes of at least 4 members (excludes halogenated alkanes) is 8. The van der Waals surface area contributed by atoms with Crippen molar-refractivity contribution in [2.24, 2.45) is 11.8 Å². The molecule has 0 unspecified atom stereocenters. The number of aliphatic hydroxyl groups is 1. The van der Waals surface area contributed by atoms with E-state index in [2.05, 4.69) is 13.0 Å². The summed E-state index contributed by atoms with van der Waals surface area (Å²) in [5.74, 6) is 2.10. The van der Waals surface area contributed by atoms with Crippen molar-refractivity contribution in [3.8, 4) is 0 Å². The molecular weight excluding hydrogens is 268 g/mol. The van der Waals surface area contributed by atoms with E-state index in [-0.39, 0.29) is 6.61 Å². The monoisotopic (exact) mass is 308 g/mol. The minimum atomic E-state index is 0.197. The lowest BCUT2D eigenvalue weighted by molar-refractivity contribution is 0.322. The van der Waals surface area contributed by atoms with E-state index in [1.165, 1.54) is 89.9 Å². The van der Waals surface area contributed by atoms with Gasteiger partial charge in [-0.25, -0.2) is 0 Å². The van der Waals surface area contributed by atoms with Crippen LogP contribution >= 0.6 is 0 Å². The number of hydrogen-bond donors (Lipinski definition) is 1. The lowest BCUT2D eigenvalue weighted by Gasteiger charge is -2.19. The van der Waals surface area contributed by atoms with Crippen molar-refractivity contribution >= 4 is 0 Å². The molecule has 0 bridgehead atoms. The van der Waals surface area contributed by atoms with Crippen molar-refractivity contribution in [1.82, 2.24) is 0 Å². The second-order valence-corrected chi connectivity index (χ2v) is 7.30. The molecule has 1 aliphatic carbocycles. The maximum absolute atomic E-state index is 8.69. The fourth-order valence-corrected chi connectivity index (χ4v) is 4.10. The van der Waals surface area contributed by atoms with Crippen LogP contribution in [0.5, 0.6) is 0 Å². The zero-order valence-electron chi connectivity index (χ0n) is 15.1. The first-order valence-corrected chi connectivity index (χ1v) is 10.1. The number of rotatable bonds is 14. The van der Waals surface area contributed by atoms with Gasteiger partial charge < -0.3 is 5.11 Å². The summed E-state index contributed by atoms with van der Waals surface area (Å²) in [5, 5.41) is 8.69. The third kappa shape index (κ3) is 9.66. The van der Waals surface area contributed by atoms with Gasteiger partial charge in [0.25, 0.3) is 0 Å². The van der Waals surface area contributed by atoms with E-state index in [9.17, 15) is 0 Å². The molecule has 0 radical (unpaired) electrons. The Morgan fingerprint density at radius 1 is 0.773 bits per heavy atom. The van der Waals surface area contributed by atoms with Crippen LogP contribution in [0.2, 0.25) is 0 Å². The Hall–Kier alpha value is -0.300. The summed E-state index contributed by atoms with van der Waals surface area (Å²) in [6.07, 6.45) is 25.4. The molecule has 1 saturated carbocycles. The lowest BCUT2D eigenvalue weighted by atomic mass is 9.87. The van der Waals surface area contributed by atoms with Gasteiger partial charge in [0, 0.05) is 0 Å². The minimum Gasteiger partial charge on any atom is -0.392 e. The Morgan fingerprint density at radius 3 is 2.00 bits per heavy atom. The first-order valence-electron chi connectivity index (χ1n) is 10.1. The number of aliphatic hydroxyl groups excluding tert-OH is 1. The van der Waals surface area contributed by atoms with E-state index in [4.69, 9.17) is 5.11 Å². The Balaban J connectivity index is 1.99. The molecule has 1 aliphatic rings. The Kier molecular flexibility index (Phi) is 12.8. The highest BCUT2D eigenvalue weighted by Gasteiger charge is 2.25. The molecule has 2 atom stereocenters. The summed E-state index contributed by atoms with van der Waals surface area (Å²) in [7, 11) is 0. The average Bonchev–Trinajstić information content (AvgIpc) is 2.97. The van der Waals surface area contributed by atoms with Crippen molar-refractivity contribution in [3.63, 3.8) is 0 Å². The first-order chi connectivity index (χ1) is 10.9. The van der Waals surface area contributed by atoms with Crippen molar-refractivity contribution in [2.45, 2.75) is 103 Å². The van der Waals surface area contributed by atoms with Gasteiger partial charge in [-0.2, -0.15) is 0 Å². The molecule has 1 heteroatoms. The molecule has 22 heavy (non-hydrogen) atoms. The molecule has 0 heterocycles. The van der Waals surface area contributed by atoms with Gasteiger partial charge in [0.1, 0.15) is 0 Å². The third-order valence-electron chi connectivity index (χ3n) is 5.46. The van der Waals surface area contributed by atoms with Crippen LogP contribution in [-0.4, -0.2) is 11.7 Å². The lowest BCUT2D eigenvalue weighted by Crippen LogP contribution is -2.08. The number of allylic oxidation sites excluding steroid dienone is 1. The van der Waals surface area contributed by atoms with E-state index in [1.54, 1.807) is 0 Å². The largest absolute Gasteiger partial charge is 0.392 e. The predicted octanol–water partition coefficient (Wildman–Crippen LogP) is 6.65. The molecule has 0 aliphatic heterocycles. The summed E-state index contributed by atoms with van der Waals surface area (Å²) in [6.45, 7) is 2.49. The molecule has 130 valence electrons. The maximum Gasteiger partial charge on any atom is 0.0612 e. The van der Waals surface area contributed by atoms with Gasteiger partial charge in [-0.15, -0.1) is 0 Å². The summed E-state index contributed by atoms with van der Waals surface area (Å²) in [4.78, 5) is 0. The second kappa shape index (κ2) is 14.3. The highest BCUT2D eigenvalue weighted by atomic mass is 16.2. The van der Waals surface area contributed by atoms with Crippen LogP contribution in [0.4, 0.5) is 0 Å². The van der Waals surface area contributed by atoms with Gasteiger partial charge in [0.15, 0.2) is 0 Å². The standard InChI is InChI=1S/C21H40O/c1-2-3-4-5-8-11-15-20-17-14-18-21(20)16-12-9-6-7-10-13-19-22/h10,13,20-22H,2-9,11-12,14-19H2,1H3/b13-10+/t20-,21-/m0/s1. The van der Waals surface area contributed by atoms with E-state index >= 15 is 0 Å². The fraction of sp³-hybridized carbons (Fsp3) is 0.905. The van der Waals surface area contributed by atoms with Crippen molar-refractivity contribution < 1.29 is 5.11 Å². The normalized spacial score (nSPS) is 21.9. The molecule has 0 amide bonds. The van der Waals surface area contributed by atoms with Crippen molar-refractivity contribution in [2.75, 3.05) is 6.61 Å². The van der Waals surface area contributed by atoms with Crippen LogP contribution in [0.3, 0.4) is 0 Å². The molecule has 1 N–H and O–H groups in total. The topological polar surface area (TPSA) is 20.2 Å². The summed E-state index contributed by atoms with van der Waals surface area (Å²) in [5.41, 5.74) is 0. The summed E-state index contributed by atoms with van der Waals surface area (Å²) < 4.78 is 0. The molecule has 1 fully saturated rings. The molecule has 0 aromatic carbocycles. The predicted molar refractivity (Wildman–Crippen MR) is 98.1 cm³/mol. The van der Waals surface area contributed by atoms with E-state index in [1.807, 2.05) is 6.08 Å². The quantitative estimate of drug-likeness (QED) is 0.281. The van der Waals surface area contributed by atoms with Crippen LogP contribution < -0.4 is 0 Å². The SMILES string of the molecule is CCCCCCCC[C@H]1CCC[C@@H]1CCCCC/C=C/CO. The highest BCUT2D eigenvalue weighted by molar-refractivity contribution is 4.81. The average molecular weight is 309 g/mol. The Labute approximate surface area is 139 Å². The molecule has 0 saturated heterocycles. The molecule has 1 nitrogen and oxygen atoms in total. The maximum atomic E-state index is 8.69. The van der Waals surface area contributed by atoms with Crippen LogP contribution in [0, 0.1) is 11.8 Å². The zero-order valence-corrected chi connectivity index (χ0v) is 15.1. The summed E-state index contributed by atoms with van der Waals surface area (Å²) >= 11 is 0. The van der Waals surface area contributed by atoms with Gasteiger partial charge in [-0.3, -0.25) is 0 Å². The smallest absolute Gasteiger partial charge is 0.0612 e. The van der Waals surface area contributed by atoms with Crippen LogP contribution in [0.25, 0.3) is 0 Å². The van der Waals surface area contributed by atoms with Gasteiger partial charge in [-0.1, -0.05) is 103 Å². The van der Waals surface area contributed by atoms with Gasteiger partial charge >= 0.3 is 0 Å². The van der Waals surface area contributed by atoms with Crippen LogP contribution in [-0.2, 0) is 0 Å². The molecule has 0 aromatic rings. The molecular formula is C21H40O. The van der Waals surface area contributed by atoms with E-state index in [0.29, 0.717) is 0 Å². The highest BCUT2D eigenvalue weighted by Crippen LogP contribution is 2.38. The minimum absolute atomic E-state index is 0.197. The van der Waals surface area contributed by atoms with Gasteiger partial charge in [0.05, 0.1) is 6.61 Å². The van der Waals surface area contributed by atoms with E-state index in [0.717, 1.165) is 18.3 Å². The summed E-state index contributed by atoms with van der Waals surface area (Å²) in [6, 6.07) is 0. The van der Waals surface area contributed by atoms with Crippen LogP contribution in [0.15, 0.2) is 12.2 Å².